The molecule has 0 bridgehead atoms. The minimum Gasteiger partial charge on any atom is -0.494 e. The summed E-state index contributed by atoms with van der Waals surface area (Å²) in [7, 11) is 0. The van der Waals surface area contributed by atoms with Crippen LogP contribution in [0, 0.1) is 0 Å². The second-order valence-corrected chi connectivity index (χ2v) is 4.12. The number of alkyl halides is 3. The zero-order valence-electron chi connectivity index (χ0n) is 10.5. The number of benzene rings is 1. The van der Waals surface area contributed by atoms with Gasteiger partial charge in [0.05, 0.1) is 6.61 Å². The fraction of sp³-hybridized carbons (Fsp3) is 0.417. The van der Waals surface area contributed by atoms with Crippen LogP contribution in [0.4, 0.5) is 18.9 Å². The highest BCUT2D eigenvalue weighted by Crippen LogP contribution is 2.29. The van der Waals surface area contributed by atoms with E-state index in [4.69, 9.17) is 10.5 Å². The fourth-order valence-electron chi connectivity index (χ4n) is 1.22. The lowest BCUT2D eigenvalue weighted by atomic mass is 10.0. The summed E-state index contributed by atoms with van der Waals surface area (Å²) in [6.07, 6.45) is -4.82. The van der Waals surface area contributed by atoms with Crippen LogP contribution in [0.25, 0.3) is 0 Å². The summed E-state index contributed by atoms with van der Waals surface area (Å²) in [4.78, 5) is 11.6. The van der Waals surface area contributed by atoms with E-state index in [1.807, 2.05) is 0 Å². The number of carbonyl (C=O) groups is 1. The number of anilines is 1. The van der Waals surface area contributed by atoms with Crippen molar-refractivity contribution in [3.8, 4) is 5.75 Å². The van der Waals surface area contributed by atoms with E-state index in [9.17, 15) is 18.0 Å². The average Bonchev–Trinajstić information content (AvgIpc) is 2.28. The molecule has 3 N–H and O–H groups in total. The number of amides is 1. The number of rotatable bonds is 4. The molecular formula is C12H15F3N2O2. The van der Waals surface area contributed by atoms with E-state index >= 15 is 0 Å². The van der Waals surface area contributed by atoms with Gasteiger partial charge in [0.25, 0.3) is 5.91 Å². The number of hydrogen-bond donors (Lipinski definition) is 2. The molecule has 1 aromatic rings. The molecule has 0 aromatic heterocycles. The number of halogens is 3. The van der Waals surface area contributed by atoms with Crippen LogP contribution in [0.1, 0.15) is 13.8 Å². The lowest BCUT2D eigenvalue weighted by Crippen LogP contribution is -2.59. The second kappa shape index (κ2) is 5.48. The standard InChI is InChI=1S/C12H15F3N2O2/c1-3-19-9-6-4-5-8(7-9)17-10(18)11(2,16)12(13,14)15/h4-7H,3,16H2,1-2H3,(H,17,18). The molecule has 0 saturated carbocycles. The largest absolute Gasteiger partial charge is 0.494 e. The molecule has 0 heterocycles. The molecule has 0 fully saturated rings. The highest BCUT2D eigenvalue weighted by Gasteiger charge is 2.53. The van der Waals surface area contributed by atoms with Gasteiger partial charge in [0.2, 0.25) is 0 Å². The molecule has 4 nitrogen and oxygen atoms in total. The van der Waals surface area contributed by atoms with Crippen LogP contribution in [0.15, 0.2) is 24.3 Å². The van der Waals surface area contributed by atoms with Crippen LogP contribution in [0.2, 0.25) is 0 Å². The molecular weight excluding hydrogens is 261 g/mol. The fourth-order valence-corrected chi connectivity index (χ4v) is 1.22. The van der Waals surface area contributed by atoms with Crippen molar-refractivity contribution in [1.29, 1.82) is 0 Å². The summed E-state index contributed by atoms with van der Waals surface area (Å²) >= 11 is 0. The first-order valence-corrected chi connectivity index (χ1v) is 5.58. The predicted octanol–water partition coefficient (Wildman–Crippen LogP) is 2.30. The average molecular weight is 276 g/mol. The number of ether oxygens (including phenoxy) is 1. The topological polar surface area (TPSA) is 64.3 Å². The maximum atomic E-state index is 12.6. The minimum absolute atomic E-state index is 0.192. The summed E-state index contributed by atoms with van der Waals surface area (Å²) in [5.74, 6) is -0.875. The van der Waals surface area contributed by atoms with Gasteiger partial charge >= 0.3 is 6.18 Å². The zero-order valence-corrected chi connectivity index (χ0v) is 10.5. The molecule has 106 valence electrons. The summed E-state index contributed by atoms with van der Waals surface area (Å²) in [6, 6.07) is 6.06. The highest BCUT2D eigenvalue weighted by molar-refractivity contribution is 5.98. The van der Waals surface area contributed by atoms with E-state index in [0.29, 0.717) is 19.3 Å². The van der Waals surface area contributed by atoms with Gasteiger partial charge in [-0.3, -0.25) is 4.79 Å². The van der Waals surface area contributed by atoms with Gasteiger partial charge in [-0.15, -0.1) is 0 Å². The molecule has 0 aliphatic rings. The van der Waals surface area contributed by atoms with E-state index in [1.165, 1.54) is 12.1 Å². The molecule has 1 amide bonds. The monoisotopic (exact) mass is 276 g/mol. The third-order valence-corrected chi connectivity index (χ3v) is 2.46. The Labute approximate surface area is 108 Å². The quantitative estimate of drug-likeness (QED) is 0.887. The molecule has 0 aliphatic heterocycles. The smallest absolute Gasteiger partial charge is 0.415 e. The molecule has 7 heteroatoms. The van der Waals surface area contributed by atoms with Gasteiger partial charge in [0.1, 0.15) is 5.75 Å². The van der Waals surface area contributed by atoms with Gasteiger partial charge in [-0.1, -0.05) is 6.07 Å². The van der Waals surface area contributed by atoms with Crippen LogP contribution < -0.4 is 15.8 Å². The van der Waals surface area contributed by atoms with Crippen molar-refractivity contribution in [3.63, 3.8) is 0 Å². The third kappa shape index (κ3) is 3.60. The van der Waals surface area contributed by atoms with Crippen molar-refractivity contribution >= 4 is 11.6 Å². The number of carbonyl (C=O) groups excluding carboxylic acids is 1. The predicted molar refractivity (Wildman–Crippen MR) is 64.9 cm³/mol. The van der Waals surface area contributed by atoms with E-state index in [0.717, 1.165) is 0 Å². The Bertz CT molecular complexity index is 459. The Morgan fingerprint density at radius 2 is 2.05 bits per heavy atom. The SMILES string of the molecule is CCOc1cccc(NC(=O)C(C)(N)C(F)(F)F)c1. The first-order chi connectivity index (χ1) is 8.68. The minimum atomic E-state index is -4.82. The number of nitrogens with one attached hydrogen (secondary N) is 1. The third-order valence-electron chi connectivity index (χ3n) is 2.46. The zero-order chi connectivity index (χ0) is 14.7. The molecule has 19 heavy (non-hydrogen) atoms. The van der Waals surface area contributed by atoms with E-state index < -0.39 is 17.6 Å². The summed E-state index contributed by atoms with van der Waals surface area (Å²) in [6.45, 7) is 2.80. The molecule has 0 spiro atoms. The number of nitrogens with two attached hydrogens (primary N) is 1. The lowest BCUT2D eigenvalue weighted by Gasteiger charge is -2.26. The van der Waals surface area contributed by atoms with Crippen LogP contribution >= 0.6 is 0 Å². The molecule has 1 aromatic carbocycles. The van der Waals surface area contributed by atoms with E-state index in [-0.39, 0.29) is 5.69 Å². The van der Waals surface area contributed by atoms with Gasteiger partial charge in [-0.2, -0.15) is 13.2 Å². The normalized spacial score (nSPS) is 14.6. The molecule has 1 rings (SSSR count). The van der Waals surface area contributed by atoms with Gasteiger partial charge < -0.3 is 15.8 Å². The van der Waals surface area contributed by atoms with Gasteiger partial charge in [-0.25, -0.2) is 0 Å². The van der Waals surface area contributed by atoms with Crippen LogP contribution in [-0.2, 0) is 4.79 Å². The Hall–Kier alpha value is -1.76. The summed E-state index contributed by atoms with van der Waals surface area (Å²) in [5, 5.41) is 2.12. The van der Waals surface area contributed by atoms with E-state index in [1.54, 1.807) is 19.1 Å². The van der Waals surface area contributed by atoms with Gasteiger partial charge in [0, 0.05) is 11.8 Å². The van der Waals surface area contributed by atoms with Crippen molar-refractivity contribution in [3.05, 3.63) is 24.3 Å². The van der Waals surface area contributed by atoms with Crippen molar-refractivity contribution in [2.45, 2.75) is 25.6 Å². The van der Waals surface area contributed by atoms with Gasteiger partial charge in [0.15, 0.2) is 5.54 Å². The maximum Gasteiger partial charge on any atom is 0.415 e. The molecule has 0 radical (unpaired) electrons. The highest BCUT2D eigenvalue weighted by atomic mass is 19.4. The van der Waals surface area contributed by atoms with E-state index in [2.05, 4.69) is 5.32 Å². The van der Waals surface area contributed by atoms with Crippen LogP contribution in [-0.4, -0.2) is 24.2 Å². The molecule has 1 unspecified atom stereocenters. The molecule has 0 aliphatic carbocycles. The first kappa shape index (κ1) is 15.3. The Morgan fingerprint density at radius 1 is 1.42 bits per heavy atom. The number of hydrogen-bond acceptors (Lipinski definition) is 3. The van der Waals surface area contributed by atoms with Crippen molar-refractivity contribution in [1.82, 2.24) is 0 Å². The Balaban J connectivity index is 2.85. The van der Waals surface area contributed by atoms with Gasteiger partial charge in [-0.05, 0) is 26.0 Å². The maximum absolute atomic E-state index is 12.6. The lowest BCUT2D eigenvalue weighted by molar-refractivity contribution is -0.184. The first-order valence-electron chi connectivity index (χ1n) is 5.58. The Morgan fingerprint density at radius 3 is 2.58 bits per heavy atom. The summed E-state index contributed by atoms with van der Waals surface area (Å²) < 4.78 is 42.9. The van der Waals surface area contributed by atoms with Crippen molar-refractivity contribution < 1.29 is 22.7 Å². The van der Waals surface area contributed by atoms with Crippen molar-refractivity contribution in [2.24, 2.45) is 5.73 Å². The second-order valence-electron chi connectivity index (χ2n) is 4.12. The van der Waals surface area contributed by atoms with Crippen molar-refractivity contribution in [2.75, 3.05) is 11.9 Å². The molecule has 1 atom stereocenters. The Kier molecular flexibility index (Phi) is 4.41. The molecule has 0 saturated heterocycles. The summed E-state index contributed by atoms with van der Waals surface area (Å²) in [5.41, 5.74) is 2.26. The van der Waals surface area contributed by atoms with Crippen LogP contribution in [0.5, 0.6) is 5.75 Å². The van der Waals surface area contributed by atoms with Crippen LogP contribution in [0.3, 0.4) is 0 Å².